The second kappa shape index (κ2) is 8.37. The summed E-state index contributed by atoms with van der Waals surface area (Å²) in [7, 11) is 0. The van der Waals surface area contributed by atoms with E-state index in [9.17, 15) is 14.7 Å². The summed E-state index contributed by atoms with van der Waals surface area (Å²) < 4.78 is 0. The smallest absolute Gasteiger partial charge is 0.323 e. The van der Waals surface area contributed by atoms with Crippen molar-refractivity contribution in [2.75, 3.05) is 26.2 Å². The van der Waals surface area contributed by atoms with E-state index in [0.717, 1.165) is 45.2 Å². The molecular formula is C16H30N2O3. The van der Waals surface area contributed by atoms with Crippen LogP contribution in [0.15, 0.2) is 0 Å². The number of nitrogens with zero attached hydrogens (tertiary/aromatic N) is 2. The third-order valence-electron chi connectivity index (χ3n) is 4.49. The zero-order valence-corrected chi connectivity index (χ0v) is 13.7. The van der Waals surface area contributed by atoms with Gasteiger partial charge in [-0.2, -0.15) is 0 Å². The molecule has 1 rings (SSSR count). The summed E-state index contributed by atoms with van der Waals surface area (Å²) in [6, 6.07) is 0. The standard InChI is InChI=1S/C16H30N2O3/c1-4-6-10-17(11-7-5-2)14(19)13-18-12-8-9-16(18,3)15(20)21/h4-13H2,1-3H3,(H,20,21). The van der Waals surface area contributed by atoms with Gasteiger partial charge in [-0.15, -0.1) is 0 Å². The summed E-state index contributed by atoms with van der Waals surface area (Å²) >= 11 is 0. The van der Waals surface area contributed by atoms with Gasteiger partial charge in [0, 0.05) is 13.1 Å². The fourth-order valence-corrected chi connectivity index (χ4v) is 2.84. The number of aliphatic carboxylic acids is 1. The first kappa shape index (κ1) is 18.0. The normalized spacial score (nSPS) is 22.4. The van der Waals surface area contributed by atoms with Crippen LogP contribution in [0.25, 0.3) is 0 Å². The lowest BCUT2D eigenvalue weighted by Gasteiger charge is -2.32. The Morgan fingerprint density at radius 3 is 2.24 bits per heavy atom. The Bertz CT molecular complexity index is 351. The van der Waals surface area contributed by atoms with Gasteiger partial charge in [0.05, 0.1) is 6.54 Å². The van der Waals surface area contributed by atoms with Crippen molar-refractivity contribution in [3.8, 4) is 0 Å². The third kappa shape index (κ3) is 4.70. The third-order valence-corrected chi connectivity index (χ3v) is 4.49. The van der Waals surface area contributed by atoms with E-state index in [1.165, 1.54) is 0 Å². The maximum Gasteiger partial charge on any atom is 0.323 e. The molecule has 0 saturated carbocycles. The van der Waals surface area contributed by atoms with Crippen LogP contribution >= 0.6 is 0 Å². The Hall–Kier alpha value is -1.10. The maximum atomic E-state index is 12.5. The van der Waals surface area contributed by atoms with Gasteiger partial charge in [-0.1, -0.05) is 26.7 Å². The topological polar surface area (TPSA) is 60.9 Å². The lowest BCUT2D eigenvalue weighted by atomic mass is 9.99. The van der Waals surface area contributed by atoms with Crippen molar-refractivity contribution in [1.29, 1.82) is 0 Å². The molecule has 1 aliphatic heterocycles. The Labute approximate surface area is 128 Å². The van der Waals surface area contributed by atoms with Crippen LogP contribution in [0.2, 0.25) is 0 Å². The van der Waals surface area contributed by atoms with E-state index in [2.05, 4.69) is 13.8 Å². The summed E-state index contributed by atoms with van der Waals surface area (Å²) in [5.41, 5.74) is -0.878. The molecule has 0 bridgehead atoms. The van der Waals surface area contributed by atoms with Gasteiger partial charge in [-0.05, 0) is 39.2 Å². The molecule has 1 saturated heterocycles. The Morgan fingerprint density at radius 1 is 1.19 bits per heavy atom. The van der Waals surface area contributed by atoms with Crippen molar-refractivity contribution in [1.82, 2.24) is 9.80 Å². The molecule has 0 aliphatic carbocycles. The molecule has 1 aliphatic rings. The summed E-state index contributed by atoms with van der Waals surface area (Å²) in [6.07, 6.45) is 5.61. The lowest BCUT2D eigenvalue weighted by molar-refractivity contribution is -0.150. The van der Waals surface area contributed by atoms with E-state index in [4.69, 9.17) is 0 Å². The SMILES string of the molecule is CCCCN(CCCC)C(=O)CN1CCCC1(C)C(=O)O. The molecule has 5 nitrogen and oxygen atoms in total. The Morgan fingerprint density at radius 2 is 1.76 bits per heavy atom. The molecule has 0 aromatic carbocycles. The van der Waals surface area contributed by atoms with Gasteiger partial charge in [0.1, 0.15) is 5.54 Å². The van der Waals surface area contributed by atoms with Crippen LogP contribution in [-0.2, 0) is 9.59 Å². The number of unbranched alkanes of at least 4 members (excludes halogenated alkanes) is 2. The largest absolute Gasteiger partial charge is 0.480 e. The summed E-state index contributed by atoms with van der Waals surface area (Å²) in [6.45, 7) is 8.47. The average Bonchev–Trinajstić information content (AvgIpc) is 2.81. The monoisotopic (exact) mass is 298 g/mol. The molecule has 1 N–H and O–H groups in total. The summed E-state index contributed by atoms with van der Waals surface area (Å²) in [4.78, 5) is 27.7. The number of rotatable bonds is 9. The fourth-order valence-electron chi connectivity index (χ4n) is 2.84. The van der Waals surface area contributed by atoms with Crippen molar-refractivity contribution in [2.24, 2.45) is 0 Å². The van der Waals surface area contributed by atoms with Crippen LogP contribution in [0.5, 0.6) is 0 Å². The van der Waals surface area contributed by atoms with E-state index in [-0.39, 0.29) is 12.5 Å². The zero-order chi connectivity index (χ0) is 15.9. The number of hydrogen-bond acceptors (Lipinski definition) is 3. The van der Waals surface area contributed by atoms with E-state index in [1.54, 1.807) is 6.92 Å². The predicted molar refractivity (Wildman–Crippen MR) is 83.2 cm³/mol. The second-order valence-corrected chi connectivity index (χ2v) is 6.19. The minimum absolute atomic E-state index is 0.0753. The predicted octanol–water partition coefficient (Wildman–Crippen LogP) is 2.35. The first-order chi connectivity index (χ1) is 9.95. The highest BCUT2D eigenvalue weighted by atomic mass is 16.4. The quantitative estimate of drug-likeness (QED) is 0.710. The maximum absolute atomic E-state index is 12.5. The number of carboxylic acid groups (broad SMARTS) is 1. The second-order valence-electron chi connectivity index (χ2n) is 6.19. The van der Waals surface area contributed by atoms with Gasteiger partial charge >= 0.3 is 5.97 Å². The van der Waals surface area contributed by atoms with E-state index in [0.29, 0.717) is 13.0 Å². The van der Waals surface area contributed by atoms with Crippen molar-refractivity contribution in [2.45, 2.75) is 64.8 Å². The number of amides is 1. The minimum Gasteiger partial charge on any atom is -0.480 e. The molecule has 1 unspecified atom stereocenters. The molecule has 5 heteroatoms. The Balaban J connectivity index is 2.64. The fraction of sp³-hybridized carbons (Fsp3) is 0.875. The van der Waals surface area contributed by atoms with Crippen molar-refractivity contribution < 1.29 is 14.7 Å². The van der Waals surface area contributed by atoms with Crippen LogP contribution in [0, 0.1) is 0 Å². The number of likely N-dealkylation sites (tertiary alicyclic amines) is 1. The van der Waals surface area contributed by atoms with Crippen LogP contribution in [0.4, 0.5) is 0 Å². The molecule has 0 aromatic heterocycles. The van der Waals surface area contributed by atoms with Gasteiger partial charge < -0.3 is 10.0 Å². The molecule has 0 aromatic rings. The highest BCUT2D eigenvalue weighted by Crippen LogP contribution is 2.29. The molecule has 1 amide bonds. The zero-order valence-electron chi connectivity index (χ0n) is 13.7. The average molecular weight is 298 g/mol. The first-order valence-electron chi connectivity index (χ1n) is 8.22. The highest BCUT2D eigenvalue weighted by Gasteiger charge is 2.44. The molecule has 1 fully saturated rings. The van der Waals surface area contributed by atoms with E-state index < -0.39 is 11.5 Å². The van der Waals surface area contributed by atoms with Crippen LogP contribution in [0.1, 0.15) is 59.3 Å². The molecule has 122 valence electrons. The van der Waals surface area contributed by atoms with Crippen LogP contribution in [0.3, 0.4) is 0 Å². The minimum atomic E-state index is -0.878. The molecular weight excluding hydrogens is 268 g/mol. The van der Waals surface area contributed by atoms with Crippen molar-refractivity contribution >= 4 is 11.9 Å². The molecule has 0 radical (unpaired) electrons. The first-order valence-corrected chi connectivity index (χ1v) is 8.22. The van der Waals surface area contributed by atoms with Gasteiger partial charge in [0.2, 0.25) is 5.91 Å². The number of carboxylic acids is 1. The van der Waals surface area contributed by atoms with Gasteiger partial charge in [0.15, 0.2) is 0 Å². The van der Waals surface area contributed by atoms with Crippen LogP contribution < -0.4 is 0 Å². The molecule has 0 spiro atoms. The van der Waals surface area contributed by atoms with E-state index in [1.807, 2.05) is 9.80 Å². The lowest BCUT2D eigenvalue weighted by Crippen LogP contribution is -2.52. The number of carbonyl (C=O) groups is 2. The van der Waals surface area contributed by atoms with Gasteiger partial charge in [-0.3, -0.25) is 14.5 Å². The number of hydrogen-bond donors (Lipinski definition) is 1. The van der Waals surface area contributed by atoms with Crippen molar-refractivity contribution in [3.05, 3.63) is 0 Å². The summed E-state index contributed by atoms with van der Waals surface area (Å²) in [5.74, 6) is -0.743. The van der Waals surface area contributed by atoms with Gasteiger partial charge in [0.25, 0.3) is 0 Å². The molecule has 1 atom stereocenters. The Kier molecular flexibility index (Phi) is 7.15. The van der Waals surface area contributed by atoms with Crippen molar-refractivity contribution in [3.63, 3.8) is 0 Å². The van der Waals surface area contributed by atoms with Crippen LogP contribution in [-0.4, -0.2) is 58.5 Å². The molecule has 21 heavy (non-hydrogen) atoms. The molecule has 1 heterocycles. The van der Waals surface area contributed by atoms with E-state index >= 15 is 0 Å². The summed E-state index contributed by atoms with van der Waals surface area (Å²) in [5, 5.41) is 9.41. The van der Waals surface area contributed by atoms with Gasteiger partial charge in [-0.25, -0.2) is 0 Å². The number of carbonyl (C=O) groups excluding carboxylic acids is 1. The highest BCUT2D eigenvalue weighted by molar-refractivity contribution is 5.82.